The molecule has 0 heterocycles. The van der Waals surface area contributed by atoms with Gasteiger partial charge in [-0.1, -0.05) is 59.6 Å². The van der Waals surface area contributed by atoms with Gasteiger partial charge >= 0.3 is 0 Å². The van der Waals surface area contributed by atoms with Crippen molar-refractivity contribution in [1.82, 2.24) is 4.31 Å². The van der Waals surface area contributed by atoms with Crippen molar-refractivity contribution in [3.63, 3.8) is 0 Å². The minimum absolute atomic E-state index is 0.138. The average Bonchev–Trinajstić information content (AvgIpc) is 2.80. The van der Waals surface area contributed by atoms with Crippen LogP contribution in [0.3, 0.4) is 0 Å². The van der Waals surface area contributed by atoms with Gasteiger partial charge in [-0.3, -0.25) is 4.79 Å². The van der Waals surface area contributed by atoms with Gasteiger partial charge in [0.15, 0.2) is 0 Å². The summed E-state index contributed by atoms with van der Waals surface area (Å²) in [6, 6.07) is 19.1. The van der Waals surface area contributed by atoms with E-state index in [1.54, 1.807) is 67.8 Å². The summed E-state index contributed by atoms with van der Waals surface area (Å²) in [4.78, 5) is 13.0. The van der Waals surface area contributed by atoms with Crippen LogP contribution in [0.4, 0.5) is 5.69 Å². The number of methoxy groups -OCH3 is 1. The van der Waals surface area contributed by atoms with Crippen molar-refractivity contribution in [3.8, 4) is 5.75 Å². The lowest BCUT2D eigenvalue weighted by Crippen LogP contribution is -2.33. The molecular formula is C23H22Cl2N2O4S. The highest BCUT2D eigenvalue weighted by Crippen LogP contribution is 2.32. The topological polar surface area (TPSA) is 75.7 Å². The van der Waals surface area contributed by atoms with Crippen molar-refractivity contribution in [3.05, 3.63) is 88.4 Å². The summed E-state index contributed by atoms with van der Waals surface area (Å²) in [5.41, 5.74) is 0.992. The number of carbonyl (C=O) groups excluding carboxylic acids is 1. The Hall–Kier alpha value is -2.58. The maximum atomic E-state index is 13.2. The molecule has 0 unspecified atom stereocenters. The molecule has 9 heteroatoms. The minimum Gasteiger partial charge on any atom is -0.497 e. The Morgan fingerprint density at radius 3 is 2.28 bits per heavy atom. The van der Waals surface area contributed by atoms with Crippen LogP contribution in [-0.2, 0) is 14.8 Å². The van der Waals surface area contributed by atoms with Gasteiger partial charge in [0.25, 0.3) is 0 Å². The molecular weight excluding hydrogens is 471 g/mol. The van der Waals surface area contributed by atoms with E-state index in [1.807, 2.05) is 0 Å². The van der Waals surface area contributed by atoms with Gasteiger partial charge in [-0.25, -0.2) is 8.42 Å². The van der Waals surface area contributed by atoms with Gasteiger partial charge in [-0.2, -0.15) is 4.31 Å². The van der Waals surface area contributed by atoms with Gasteiger partial charge in [-0.15, -0.1) is 0 Å². The average molecular weight is 493 g/mol. The van der Waals surface area contributed by atoms with Crippen molar-refractivity contribution in [2.45, 2.75) is 17.4 Å². The van der Waals surface area contributed by atoms with E-state index in [0.29, 0.717) is 22.0 Å². The Labute approximate surface area is 197 Å². The van der Waals surface area contributed by atoms with Crippen LogP contribution in [0.5, 0.6) is 5.75 Å². The van der Waals surface area contributed by atoms with Crippen LogP contribution in [0.2, 0.25) is 10.0 Å². The highest BCUT2D eigenvalue weighted by molar-refractivity contribution is 7.89. The second-order valence-electron chi connectivity index (χ2n) is 6.98. The van der Waals surface area contributed by atoms with Crippen LogP contribution < -0.4 is 10.1 Å². The number of nitrogens with zero attached hydrogens (tertiary/aromatic N) is 1. The number of amides is 1. The lowest BCUT2D eigenvalue weighted by atomic mass is 10.0. The van der Waals surface area contributed by atoms with Crippen molar-refractivity contribution in [2.24, 2.45) is 0 Å². The molecule has 0 saturated heterocycles. The second kappa shape index (κ2) is 10.4. The Balaban J connectivity index is 1.93. The van der Waals surface area contributed by atoms with Crippen LogP contribution in [0.15, 0.2) is 77.7 Å². The minimum atomic E-state index is -3.86. The van der Waals surface area contributed by atoms with E-state index in [0.717, 1.165) is 0 Å². The van der Waals surface area contributed by atoms with Crippen molar-refractivity contribution in [2.75, 3.05) is 19.5 Å². The Bertz CT molecular complexity index is 1190. The zero-order valence-corrected chi connectivity index (χ0v) is 19.8. The first-order valence-electron chi connectivity index (χ1n) is 9.65. The summed E-state index contributed by atoms with van der Waals surface area (Å²) in [6.45, 7) is 0. The number of ether oxygens (including phenoxy) is 1. The molecule has 0 aliphatic rings. The fourth-order valence-corrected chi connectivity index (χ4v) is 4.90. The van der Waals surface area contributed by atoms with Crippen molar-refractivity contribution < 1.29 is 17.9 Å². The van der Waals surface area contributed by atoms with Crippen LogP contribution >= 0.6 is 23.2 Å². The highest BCUT2D eigenvalue weighted by atomic mass is 35.5. The molecule has 0 bridgehead atoms. The number of anilines is 1. The first-order valence-corrected chi connectivity index (χ1v) is 11.8. The summed E-state index contributed by atoms with van der Waals surface area (Å²) < 4.78 is 32.9. The zero-order chi connectivity index (χ0) is 23.3. The van der Waals surface area contributed by atoms with Gasteiger partial charge in [-0.05, 0) is 42.0 Å². The quantitative estimate of drug-likeness (QED) is 0.457. The lowest BCUT2D eigenvalue weighted by Gasteiger charge is -2.28. The number of hydrogen-bond donors (Lipinski definition) is 1. The fourth-order valence-electron chi connectivity index (χ4n) is 3.19. The van der Waals surface area contributed by atoms with Crippen LogP contribution in [-0.4, -0.2) is 32.8 Å². The summed E-state index contributed by atoms with van der Waals surface area (Å²) in [5.74, 6) is 0.210. The third-order valence-corrected chi connectivity index (χ3v) is 7.66. The third kappa shape index (κ3) is 5.42. The number of nitrogens with one attached hydrogen (secondary N) is 1. The van der Waals surface area contributed by atoms with Gasteiger partial charge in [0.1, 0.15) is 5.75 Å². The Kier molecular flexibility index (Phi) is 7.79. The monoisotopic (exact) mass is 492 g/mol. The highest BCUT2D eigenvalue weighted by Gasteiger charge is 2.31. The van der Waals surface area contributed by atoms with Crippen molar-refractivity contribution >= 4 is 44.8 Å². The zero-order valence-electron chi connectivity index (χ0n) is 17.5. The molecule has 0 spiro atoms. The fraction of sp³-hybridized carbons (Fsp3) is 0.174. The molecule has 168 valence electrons. The van der Waals surface area contributed by atoms with E-state index in [1.165, 1.54) is 23.5 Å². The molecule has 3 aromatic carbocycles. The molecule has 0 saturated carbocycles. The van der Waals surface area contributed by atoms with E-state index < -0.39 is 22.0 Å². The van der Waals surface area contributed by atoms with E-state index in [9.17, 15) is 13.2 Å². The lowest BCUT2D eigenvalue weighted by molar-refractivity contribution is -0.117. The third-order valence-electron chi connectivity index (χ3n) is 4.96. The van der Waals surface area contributed by atoms with E-state index >= 15 is 0 Å². The maximum Gasteiger partial charge on any atom is 0.243 e. The van der Waals surface area contributed by atoms with Crippen LogP contribution in [0.1, 0.15) is 18.0 Å². The molecule has 32 heavy (non-hydrogen) atoms. The number of halogens is 2. The van der Waals surface area contributed by atoms with Gasteiger partial charge in [0.2, 0.25) is 15.9 Å². The summed E-state index contributed by atoms with van der Waals surface area (Å²) >= 11 is 12.2. The number of rotatable bonds is 8. The molecule has 0 aliphatic heterocycles. The van der Waals surface area contributed by atoms with Gasteiger partial charge < -0.3 is 10.1 Å². The molecule has 0 aromatic heterocycles. The van der Waals surface area contributed by atoms with E-state index in [2.05, 4.69) is 5.32 Å². The molecule has 1 amide bonds. The number of carbonyl (C=O) groups is 1. The molecule has 3 rings (SSSR count). The van der Waals surface area contributed by atoms with Crippen molar-refractivity contribution in [1.29, 1.82) is 0 Å². The predicted molar refractivity (Wildman–Crippen MR) is 127 cm³/mol. The smallest absolute Gasteiger partial charge is 0.243 e. The summed E-state index contributed by atoms with van der Waals surface area (Å²) in [7, 11) is -0.863. The van der Waals surface area contributed by atoms with Gasteiger partial charge in [0.05, 0.1) is 33.8 Å². The molecule has 3 aromatic rings. The Morgan fingerprint density at radius 1 is 1.00 bits per heavy atom. The van der Waals surface area contributed by atoms with E-state index in [-0.39, 0.29) is 16.3 Å². The normalized spacial score (nSPS) is 12.4. The van der Waals surface area contributed by atoms with Crippen LogP contribution in [0, 0.1) is 0 Å². The molecule has 0 fully saturated rings. The Morgan fingerprint density at radius 2 is 1.66 bits per heavy atom. The number of hydrogen-bond acceptors (Lipinski definition) is 4. The summed E-state index contributed by atoms with van der Waals surface area (Å²) in [6.07, 6.45) is -0.141. The largest absolute Gasteiger partial charge is 0.497 e. The number of sulfonamides is 1. The molecule has 1 N–H and O–H groups in total. The van der Waals surface area contributed by atoms with Gasteiger partial charge in [0, 0.05) is 13.5 Å². The summed E-state index contributed by atoms with van der Waals surface area (Å²) in [5, 5.41) is 3.24. The first kappa shape index (κ1) is 24.1. The molecule has 1 atom stereocenters. The molecule has 0 aliphatic carbocycles. The molecule has 0 radical (unpaired) electrons. The maximum absolute atomic E-state index is 13.2. The van der Waals surface area contributed by atoms with Crippen LogP contribution in [0.25, 0.3) is 0 Å². The molecule has 6 nitrogen and oxygen atoms in total. The SMILES string of the molecule is COc1ccc([C@@H](CC(=O)Nc2cccc(Cl)c2Cl)N(C)S(=O)(=O)c2ccccc2)cc1. The number of benzene rings is 3. The predicted octanol–water partition coefficient (Wildman–Crippen LogP) is 5.39. The van der Waals surface area contributed by atoms with E-state index in [4.69, 9.17) is 27.9 Å². The second-order valence-corrected chi connectivity index (χ2v) is 9.76. The first-order chi connectivity index (χ1) is 15.2. The standard InChI is InChI=1S/C23H22Cl2N2O4S/c1-27(32(29,30)18-7-4-3-5-8-18)21(16-11-13-17(31-2)14-12-16)15-22(28)26-20-10-6-9-19(24)23(20)25/h3-14,21H,15H2,1-2H3,(H,26,28)/t21-/m1/s1.